The van der Waals surface area contributed by atoms with Crippen molar-refractivity contribution in [1.29, 1.82) is 5.26 Å². The lowest BCUT2D eigenvalue weighted by Crippen LogP contribution is -2.29. The maximum atomic E-state index is 13.6. The first-order chi connectivity index (χ1) is 13.9. The van der Waals surface area contributed by atoms with Gasteiger partial charge in [0.05, 0.1) is 27.2 Å². The van der Waals surface area contributed by atoms with Gasteiger partial charge >= 0.3 is 0 Å². The van der Waals surface area contributed by atoms with Gasteiger partial charge in [-0.25, -0.2) is 8.42 Å². The average Bonchev–Trinajstić information content (AvgIpc) is 3.15. The van der Waals surface area contributed by atoms with E-state index < -0.39 is 15.6 Å². The number of nitrogens with one attached hydrogen (secondary N) is 2. The van der Waals surface area contributed by atoms with Crippen LogP contribution in [0, 0.1) is 11.3 Å². The number of hydrogen-bond donors (Lipinski definition) is 2. The number of aromatic amines is 1. The molecule has 0 spiro atoms. The third-order valence-electron chi connectivity index (χ3n) is 4.96. The minimum atomic E-state index is -4.02. The summed E-state index contributed by atoms with van der Waals surface area (Å²) in [6.45, 7) is 2.82. The van der Waals surface area contributed by atoms with E-state index >= 15 is 0 Å². The number of sulfonamides is 1. The van der Waals surface area contributed by atoms with E-state index in [9.17, 15) is 18.5 Å². The summed E-state index contributed by atoms with van der Waals surface area (Å²) in [5.41, 5.74) is 2.03. The molecule has 0 amide bonds. The second-order valence-corrected chi connectivity index (χ2v) is 8.87. The lowest BCUT2D eigenvalue weighted by Gasteiger charge is -2.21. The molecule has 3 aromatic rings. The van der Waals surface area contributed by atoms with Crippen molar-refractivity contribution in [3.63, 3.8) is 0 Å². The Morgan fingerprint density at radius 3 is 2.86 bits per heavy atom. The monoisotopic (exact) mass is 428 g/mol. The van der Waals surface area contributed by atoms with E-state index in [1.54, 1.807) is 12.1 Å². The Morgan fingerprint density at radius 2 is 2.14 bits per heavy atom. The molecule has 29 heavy (non-hydrogen) atoms. The summed E-state index contributed by atoms with van der Waals surface area (Å²) in [4.78, 5) is 14.6. The Bertz CT molecular complexity index is 1340. The number of nitriles is 1. The van der Waals surface area contributed by atoms with Crippen molar-refractivity contribution in [3.05, 3.63) is 63.0 Å². The fourth-order valence-corrected chi connectivity index (χ4v) is 5.75. The smallest absolute Gasteiger partial charge is 0.265 e. The Morgan fingerprint density at radius 1 is 1.34 bits per heavy atom. The van der Waals surface area contributed by atoms with E-state index in [-0.39, 0.29) is 27.2 Å². The fourth-order valence-electron chi connectivity index (χ4n) is 3.72. The highest BCUT2D eigenvalue weighted by Crippen LogP contribution is 2.40. The molecule has 7 nitrogen and oxygen atoms in total. The van der Waals surface area contributed by atoms with Gasteiger partial charge in [0.1, 0.15) is 0 Å². The largest absolute Gasteiger partial charge is 0.385 e. The van der Waals surface area contributed by atoms with Crippen LogP contribution in [0.25, 0.3) is 10.8 Å². The fraction of sp³-hybridized carbons (Fsp3) is 0.200. The summed E-state index contributed by atoms with van der Waals surface area (Å²) in [7, 11) is -4.02. The molecule has 1 aromatic heterocycles. The zero-order chi connectivity index (χ0) is 20.8. The van der Waals surface area contributed by atoms with Gasteiger partial charge in [-0.15, -0.1) is 0 Å². The summed E-state index contributed by atoms with van der Waals surface area (Å²) in [6, 6.07) is 9.90. The number of H-pyrrole nitrogens is 1. The third kappa shape index (κ3) is 3.03. The van der Waals surface area contributed by atoms with Gasteiger partial charge in [-0.1, -0.05) is 17.7 Å². The molecule has 2 aromatic carbocycles. The van der Waals surface area contributed by atoms with Crippen molar-refractivity contribution in [1.82, 2.24) is 4.98 Å². The van der Waals surface area contributed by atoms with Gasteiger partial charge < -0.3 is 10.3 Å². The molecule has 0 aliphatic carbocycles. The van der Waals surface area contributed by atoms with Gasteiger partial charge in [-0.05, 0) is 37.6 Å². The first-order valence-corrected chi connectivity index (χ1v) is 10.8. The molecule has 4 rings (SSSR count). The van der Waals surface area contributed by atoms with Crippen molar-refractivity contribution < 1.29 is 8.42 Å². The molecule has 1 aliphatic heterocycles. The standard InChI is InChI=1S/C20H17ClN4O3S/c1-2-23-16-8-12(10-22)9-17-13(16)6-7-25(17)29(27,28)18-5-3-4-14-19(18)15(21)11-24-20(14)26/h3-5,8-9,11,23H,2,6-7H2,1H3,(H,24,26). The van der Waals surface area contributed by atoms with Crippen LogP contribution in [0.5, 0.6) is 0 Å². The second kappa shape index (κ2) is 7.10. The average molecular weight is 429 g/mol. The van der Waals surface area contributed by atoms with Crippen LogP contribution in [0.1, 0.15) is 18.1 Å². The summed E-state index contributed by atoms with van der Waals surface area (Å²) in [5.74, 6) is 0. The summed E-state index contributed by atoms with van der Waals surface area (Å²) >= 11 is 6.26. The number of benzene rings is 2. The maximum Gasteiger partial charge on any atom is 0.265 e. The van der Waals surface area contributed by atoms with E-state index in [2.05, 4.69) is 16.4 Å². The van der Waals surface area contributed by atoms with Crippen molar-refractivity contribution in [2.24, 2.45) is 0 Å². The lowest BCUT2D eigenvalue weighted by atomic mass is 10.1. The van der Waals surface area contributed by atoms with Gasteiger partial charge in [0.2, 0.25) is 0 Å². The molecule has 1 aliphatic rings. The van der Waals surface area contributed by atoms with E-state index in [1.807, 2.05) is 6.92 Å². The number of fused-ring (bicyclic) bond motifs is 2. The van der Waals surface area contributed by atoms with Crippen LogP contribution >= 0.6 is 11.6 Å². The molecule has 9 heteroatoms. The number of hydrogen-bond acceptors (Lipinski definition) is 5. The zero-order valence-electron chi connectivity index (χ0n) is 15.5. The van der Waals surface area contributed by atoms with E-state index in [1.165, 1.54) is 28.7 Å². The van der Waals surface area contributed by atoms with E-state index in [0.717, 1.165) is 11.3 Å². The minimum Gasteiger partial charge on any atom is -0.385 e. The molecule has 2 N–H and O–H groups in total. The molecular formula is C20H17ClN4O3S. The number of nitrogens with zero attached hydrogens (tertiary/aromatic N) is 2. The molecule has 0 bridgehead atoms. The van der Waals surface area contributed by atoms with Crippen molar-refractivity contribution in [2.45, 2.75) is 18.2 Å². The predicted molar refractivity (Wildman–Crippen MR) is 113 cm³/mol. The van der Waals surface area contributed by atoms with Crippen LogP contribution in [-0.2, 0) is 16.4 Å². The molecule has 0 radical (unpaired) electrons. The number of aromatic nitrogens is 1. The van der Waals surface area contributed by atoms with Crippen LogP contribution < -0.4 is 15.2 Å². The zero-order valence-corrected chi connectivity index (χ0v) is 17.1. The van der Waals surface area contributed by atoms with Gasteiger partial charge in [0, 0.05) is 41.3 Å². The van der Waals surface area contributed by atoms with E-state index in [0.29, 0.717) is 24.2 Å². The van der Waals surface area contributed by atoms with Gasteiger partial charge in [0.15, 0.2) is 0 Å². The molecule has 0 saturated carbocycles. The van der Waals surface area contributed by atoms with Crippen LogP contribution in [0.2, 0.25) is 5.02 Å². The first kappa shape index (κ1) is 19.3. The van der Waals surface area contributed by atoms with Gasteiger partial charge in [-0.3, -0.25) is 9.10 Å². The number of rotatable bonds is 4. The highest BCUT2D eigenvalue weighted by Gasteiger charge is 2.34. The van der Waals surface area contributed by atoms with Crippen LogP contribution in [0.4, 0.5) is 11.4 Å². The molecule has 148 valence electrons. The van der Waals surface area contributed by atoms with Crippen molar-refractivity contribution in [2.75, 3.05) is 22.7 Å². The van der Waals surface area contributed by atoms with Crippen molar-refractivity contribution >= 4 is 43.8 Å². The summed E-state index contributed by atoms with van der Waals surface area (Å²) in [6.07, 6.45) is 1.81. The number of anilines is 2. The van der Waals surface area contributed by atoms with Crippen LogP contribution in [0.15, 0.2) is 46.2 Å². The van der Waals surface area contributed by atoms with E-state index in [4.69, 9.17) is 11.6 Å². The third-order valence-corrected chi connectivity index (χ3v) is 7.12. The highest BCUT2D eigenvalue weighted by atomic mass is 35.5. The quantitative estimate of drug-likeness (QED) is 0.663. The van der Waals surface area contributed by atoms with Crippen LogP contribution in [-0.4, -0.2) is 26.5 Å². The SMILES string of the molecule is CCNc1cc(C#N)cc2c1CCN2S(=O)(=O)c1cccc2c(=O)[nH]cc(Cl)c12. The lowest BCUT2D eigenvalue weighted by molar-refractivity contribution is 0.593. The topological polar surface area (TPSA) is 106 Å². The number of pyridine rings is 1. The normalized spacial score (nSPS) is 13.3. The Labute approximate surface area is 172 Å². The second-order valence-electron chi connectivity index (χ2n) is 6.64. The highest BCUT2D eigenvalue weighted by molar-refractivity contribution is 7.93. The Kier molecular flexibility index (Phi) is 4.73. The molecular weight excluding hydrogens is 412 g/mol. The van der Waals surface area contributed by atoms with Gasteiger partial charge in [-0.2, -0.15) is 5.26 Å². The predicted octanol–water partition coefficient (Wildman–Crippen LogP) is 3.24. The maximum absolute atomic E-state index is 13.6. The summed E-state index contributed by atoms with van der Waals surface area (Å²) < 4.78 is 28.5. The number of halogens is 1. The van der Waals surface area contributed by atoms with Gasteiger partial charge in [0.25, 0.3) is 15.6 Å². The first-order valence-electron chi connectivity index (χ1n) is 9.02. The van der Waals surface area contributed by atoms with Crippen molar-refractivity contribution in [3.8, 4) is 6.07 Å². The molecule has 2 heterocycles. The molecule has 0 atom stereocenters. The Hall–Kier alpha value is -3.02. The molecule has 0 saturated heterocycles. The molecule has 0 fully saturated rings. The summed E-state index contributed by atoms with van der Waals surface area (Å²) in [5, 5.41) is 13.1. The molecule has 0 unspecified atom stereocenters. The van der Waals surface area contributed by atoms with Crippen LogP contribution in [0.3, 0.4) is 0 Å². The Balaban J connectivity index is 1.94. The minimum absolute atomic E-state index is 0.0358.